The Labute approximate surface area is 119 Å². The third-order valence-corrected chi connectivity index (χ3v) is 4.70. The number of benzene rings is 1. The van der Waals surface area contributed by atoms with Crippen molar-refractivity contribution >= 4 is 33.2 Å². The summed E-state index contributed by atoms with van der Waals surface area (Å²) in [6.45, 7) is 4.36. The summed E-state index contributed by atoms with van der Waals surface area (Å²) < 4.78 is 5.57. The standard InChI is InChI=1S/C12H13ClN2OS2/c1-8(2)7-17-18-12-15-14-11(16-12)9-3-5-10(13)6-4-9/h3-6,8H,7H2,1-2H3. The number of rotatable bonds is 5. The molecule has 0 fully saturated rings. The van der Waals surface area contributed by atoms with Crippen LogP contribution in [-0.2, 0) is 0 Å². The van der Waals surface area contributed by atoms with Crippen LogP contribution in [0.2, 0.25) is 5.02 Å². The maximum atomic E-state index is 5.83. The van der Waals surface area contributed by atoms with Crippen LogP contribution in [0.3, 0.4) is 0 Å². The lowest BCUT2D eigenvalue weighted by molar-refractivity contribution is 0.467. The van der Waals surface area contributed by atoms with Crippen molar-refractivity contribution in [1.82, 2.24) is 10.2 Å². The second-order valence-electron chi connectivity index (χ2n) is 4.14. The summed E-state index contributed by atoms with van der Waals surface area (Å²) in [4.78, 5) is 0. The second-order valence-corrected chi connectivity index (χ2v) is 6.87. The highest BCUT2D eigenvalue weighted by Crippen LogP contribution is 2.33. The molecule has 96 valence electrons. The van der Waals surface area contributed by atoms with E-state index < -0.39 is 0 Å². The van der Waals surface area contributed by atoms with E-state index in [0.29, 0.717) is 22.1 Å². The first kappa shape index (κ1) is 13.8. The summed E-state index contributed by atoms with van der Waals surface area (Å²) in [5.41, 5.74) is 0.882. The fourth-order valence-electron chi connectivity index (χ4n) is 1.17. The van der Waals surface area contributed by atoms with Gasteiger partial charge in [-0.25, -0.2) is 0 Å². The Hall–Kier alpha value is -0.650. The van der Waals surface area contributed by atoms with Gasteiger partial charge in [0.1, 0.15) is 0 Å². The minimum atomic E-state index is 0.527. The average molecular weight is 301 g/mol. The summed E-state index contributed by atoms with van der Waals surface area (Å²) in [5, 5.41) is 9.31. The molecular weight excluding hydrogens is 288 g/mol. The molecular formula is C12H13ClN2OS2. The zero-order valence-electron chi connectivity index (χ0n) is 10.1. The Bertz CT molecular complexity index is 499. The summed E-state index contributed by atoms with van der Waals surface area (Å²) in [5.74, 6) is 2.24. The smallest absolute Gasteiger partial charge is 0.287 e. The lowest BCUT2D eigenvalue weighted by Crippen LogP contribution is -1.87. The largest absolute Gasteiger partial charge is 0.411 e. The highest BCUT2D eigenvalue weighted by Gasteiger charge is 2.09. The number of nitrogens with zero attached hydrogens (tertiary/aromatic N) is 2. The molecule has 18 heavy (non-hydrogen) atoms. The maximum absolute atomic E-state index is 5.83. The van der Waals surface area contributed by atoms with Crippen LogP contribution >= 0.6 is 33.2 Å². The van der Waals surface area contributed by atoms with Gasteiger partial charge in [-0.3, -0.25) is 0 Å². The summed E-state index contributed by atoms with van der Waals surface area (Å²) in [6, 6.07) is 7.35. The molecule has 3 nitrogen and oxygen atoms in total. The van der Waals surface area contributed by atoms with Gasteiger partial charge >= 0.3 is 0 Å². The van der Waals surface area contributed by atoms with Crippen molar-refractivity contribution in [2.75, 3.05) is 5.75 Å². The Kier molecular flexibility index (Phi) is 4.97. The van der Waals surface area contributed by atoms with Gasteiger partial charge in [-0.15, -0.1) is 5.10 Å². The quantitative estimate of drug-likeness (QED) is 0.743. The molecule has 0 aliphatic heterocycles. The first-order chi connectivity index (χ1) is 8.65. The molecule has 0 saturated carbocycles. The highest BCUT2D eigenvalue weighted by atomic mass is 35.5. The fraction of sp³-hybridized carbons (Fsp3) is 0.333. The molecule has 2 aromatic rings. The van der Waals surface area contributed by atoms with Gasteiger partial charge in [-0.2, -0.15) is 0 Å². The summed E-state index contributed by atoms with van der Waals surface area (Å²) in [6.07, 6.45) is 0. The van der Waals surface area contributed by atoms with Crippen molar-refractivity contribution < 1.29 is 4.42 Å². The molecule has 0 unspecified atom stereocenters. The minimum Gasteiger partial charge on any atom is -0.411 e. The van der Waals surface area contributed by atoms with Crippen LogP contribution < -0.4 is 0 Å². The molecule has 0 N–H and O–H groups in total. The van der Waals surface area contributed by atoms with Crippen LogP contribution in [-0.4, -0.2) is 16.0 Å². The van der Waals surface area contributed by atoms with Gasteiger partial charge in [-0.1, -0.05) is 41.3 Å². The van der Waals surface area contributed by atoms with Gasteiger partial charge in [0, 0.05) is 27.1 Å². The van der Waals surface area contributed by atoms with Gasteiger partial charge in [0.2, 0.25) is 5.89 Å². The molecule has 0 aliphatic rings. The van der Waals surface area contributed by atoms with Gasteiger partial charge in [0.15, 0.2) is 0 Å². The Balaban J connectivity index is 1.99. The van der Waals surface area contributed by atoms with E-state index in [2.05, 4.69) is 24.0 Å². The van der Waals surface area contributed by atoms with Crippen molar-refractivity contribution in [3.05, 3.63) is 29.3 Å². The molecule has 0 bridgehead atoms. The van der Waals surface area contributed by atoms with Crippen molar-refractivity contribution in [3.63, 3.8) is 0 Å². The van der Waals surface area contributed by atoms with Crippen molar-refractivity contribution in [3.8, 4) is 11.5 Å². The first-order valence-corrected chi connectivity index (χ1v) is 8.24. The Morgan fingerprint density at radius 2 is 1.94 bits per heavy atom. The van der Waals surface area contributed by atoms with Crippen molar-refractivity contribution in [2.24, 2.45) is 5.92 Å². The van der Waals surface area contributed by atoms with Crippen LogP contribution in [0.5, 0.6) is 0 Å². The zero-order chi connectivity index (χ0) is 13.0. The average Bonchev–Trinajstić information content (AvgIpc) is 2.78. The highest BCUT2D eigenvalue weighted by molar-refractivity contribution is 8.76. The Morgan fingerprint density at radius 3 is 2.61 bits per heavy atom. The van der Waals surface area contributed by atoms with Crippen LogP contribution in [0, 0.1) is 5.92 Å². The fourth-order valence-corrected chi connectivity index (χ4v) is 3.45. The van der Waals surface area contributed by atoms with E-state index in [4.69, 9.17) is 16.0 Å². The summed E-state index contributed by atoms with van der Waals surface area (Å²) in [7, 11) is 3.24. The monoisotopic (exact) mass is 300 g/mol. The van der Waals surface area contributed by atoms with Crippen LogP contribution in [0.15, 0.2) is 33.9 Å². The molecule has 0 spiro atoms. The molecule has 1 aromatic heterocycles. The first-order valence-electron chi connectivity index (χ1n) is 5.54. The molecule has 0 radical (unpaired) electrons. The van der Waals surface area contributed by atoms with E-state index in [1.165, 1.54) is 10.8 Å². The lowest BCUT2D eigenvalue weighted by atomic mass is 10.2. The summed E-state index contributed by atoms with van der Waals surface area (Å²) >= 11 is 5.83. The van der Waals surface area contributed by atoms with Crippen molar-refractivity contribution in [2.45, 2.75) is 19.1 Å². The van der Waals surface area contributed by atoms with Gasteiger partial charge in [0.25, 0.3) is 5.22 Å². The van der Waals surface area contributed by atoms with Gasteiger partial charge < -0.3 is 4.42 Å². The van der Waals surface area contributed by atoms with E-state index in [1.807, 2.05) is 12.1 Å². The van der Waals surface area contributed by atoms with Crippen LogP contribution in [0.25, 0.3) is 11.5 Å². The number of hydrogen-bond acceptors (Lipinski definition) is 5. The van der Waals surface area contributed by atoms with E-state index in [9.17, 15) is 0 Å². The molecule has 1 heterocycles. The molecule has 2 rings (SSSR count). The molecule has 0 amide bonds. The minimum absolute atomic E-state index is 0.527. The predicted molar refractivity (Wildman–Crippen MR) is 77.9 cm³/mol. The topological polar surface area (TPSA) is 38.9 Å². The lowest BCUT2D eigenvalue weighted by Gasteiger charge is -1.99. The number of aromatic nitrogens is 2. The third kappa shape index (κ3) is 3.93. The molecule has 0 atom stereocenters. The molecule has 0 saturated heterocycles. The molecule has 1 aromatic carbocycles. The number of hydrogen-bond donors (Lipinski definition) is 0. The van der Waals surface area contributed by atoms with E-state index >= 15 is 0 Å². The predicted octanol–water partition coefficient (Wildman–Crippen LogP) is 4.79. The van der Waals surface area contributed by atoms with Crippen LogP contribution in [0.4, 0.5) is 0 Å². The SMILES string of the molecule is CC(C)CSSc1nnc(-c2ccc(Cl)cc2)o1. The third-order valence-electron chi connectivity index (χ3n) is 2.03. The Morgan fingerprint density at radius 1 is 1.22 bits per heavy atom. The van der Waals surface area contributed by atoms with Gasteiger partial charge in [-0.05, 0) is 30.2 Å². The van der Waals surface area contributed by atoms with E-state index in [1.54, 1.807) is 22.9 Å². The van der Waals surface area contributed by atoms with Crippen molar-refractivity contribution in [1.29, 1.82) is 0 Å². The van der Waals surface area contributed by atoms with Crippen LogP contribution in [0.1, 0.15) is 13.8 Å². The molecule has 6 heteroatoms. The normalized spacial score (nSPS) is 11.1. The number of halogens is 1. The van der Waals surface area contributed by atoms with E-state index in [0.717, 1.165) is 11.3 Å². The maximum Gasteiger partial charge on any atom is 0.287 e. The second kappa shape index (κ2) is 6.50. The molecule has 0 aliphatic carbocycles. The van der Waals surface area contributed by atoms with E-state index in [-0.39, 0.29) is 0 Å². The van der Waals surface area contributed by atoms with Gasteiger partial charge in [0.05, 0.1) is 0 Å². The zero-order valence-corrected chi connectivity index (χ0v) is 12.5.